The molecule has 1 fully saturated rings. The van der Waals surface area contributed by atoms with E-state index in [0.29, 0.717) is 5.84 Å². The Bertz CT molecular complexity index is 628. The average molecular weight is 283 g/mol. The lowest BCUT2D eigenvalue weighted by Gasteiger charge is -2.07. The van der Waals surface area contributed by atoms with E-state index in [9.17, 15) is 4.79 Å². The van der Waals surface area contributed by atoms with E-state index in [-0.39, 0.29) is 11.2 Å². The Balaban J connectivity index is 1.84. The maximum absolute atomic E-state index is 11.9. The molecule has 4 nitrogen and oxygen atoms in total. The van der Waals surface area contributed by atoms with Crippen LogP contribution in [0.25, 0.3) is 0 Å². The molecule has 2 aromatic rings. The fraction of sp³-hybridized carbons (Fsp3) is 0.0667. The van der Waals surface area contributed by atoms with Gasteiger partial charge in [0.2, 0.25) is 0 Å². The largest absolute Gasteiger partial charge is 0.284 e. The molecule has 2 N–H and O–H groups in total. The van der Waals surface area contributed by atoms with Crippen molar-refractivity contribution in [3.05, 3.63) is 60.7 Å². The summed E-state index contributed by atoms with van der Waals surface area (Å²) in [5.74, 6) is 0.559. The van der Waals surface area contributed by atoms with Crippen molar-refractivity contribution in [2.75, 3.05) is 0 Å². The van der Waals surface area contributed by atoms with Crippen molar-refractivity contribution >= 4 is 29.2 Å². The Morgan fingerprint density at radius 1 is 0.900 bits per heavy atom. The number of hydrogen-bond donors (Lipinski definition) is 2. The first-order valence-electron chi connectivity index (χ1n) is 6.24. The van der Waals surface area contributed by atoms with E-state index in [2.05, 4.69) is 15.8 Å². The number of hydrogen-bond acceptors (Lipinski definition) is 3. The fourth-order valence-electron chi connectivity index (χ4n) is 1.85. The van der Waals surface area contributed by atoms with Gasteiger partial charge in [-0.05, 0) is 24.3 Å². The molecule has 0 saturated carbocycles. The van der Waals surface area contributed by atoms with E-state index in [1.165, 1.54) is 11.8 Å². The van der Waals surface area contributed by atoms with Crippen LogP contribution < -0.4 is 10.9 Å². The number of carbonyl (C=O) groups excluding carboxylic acids is 1. The zero-order chi connectivity index (χ0) is 13.8. The molecule has 3 rings (SSSR count). The fourth-order valence-corrected chi connectivity index (χ4v) is 2.83. The third-order valence-electron chi connectivity index (χ3n) is 2.80. The summed E-state index contributed by atoms with van der Waals surface area (Å²) in [5, 5.41) is -0.349. The van der Waals surface area contributed by atoms with Crippen molar-refractivity contribution < 1.29 is 4.79 Å². The Morgan fingerprint density at radius 2 is 1.55 bits per heavy atom. The monoisotopic (exact) mass is 283 g/mol. The topological polar surface area (TPSA) is 53.5 Å². The van der Waals surface area contributed by atoms with Crippen molar-refractivity contribution in [2.45, 2.75) is 10.1 Å². The molecular formula is C15H13N3OS. The van der Waals surface area contributed by atoms with Gasteiger partial charge in [-0.25, -0.2) is 4.99 Å². The summed E-state index contributed by atoms with van der Waals surface area (Å²) in [4.78, 5) is 17.4. The van der Waals surface area contributed by atoms with Crippen LogP contribution in [0.15, 0.2) is 70.6 Å². The minimum absolute atomic E-state index is 0.0754. The molecule has 0 bridgehead atoms. The normalized spacial score (nSPS) is 19.7. The Morgan fingerprint density at radius 3 is 2.25 bits per heavy atom. The van der Waals surface area contributed by atoms with Gasteiger partial charge in [-0.2, -0.15) is 0 Å². The molecule has 1 heterocycles. The van der Waals surface area contributed by atoms with Crippen LogP contribution in [0, 0.1) is 0 Å². The van der Waals surface area contributed by atoms with Gasteiger partial charge in [0.1, 0.15) is 11.1 Å². The van der Waals surface area contributed by atoms with Crippen molar-refractivity contribution in [3.8, 4) is 0 Å². The maximum Gasteiger partial charge on any atom is 0.259 e. The molecular weight excluding hydrogens is 270 g/mol. The van der Waals surface area contributed by atoms with Crippen LogP contribution >= 0.6 is 11.8 Å². The van der Waals surface area contributed by atoms with Crippen molar-refractivity contribution in [2.24, 2.45) is 4.99 Å². The molecule has 0 spiro atoms. The van der Waals surface area contributed by atoms with Gasteiger partial charge in [0.25, 0.3) is 5.91 Å². The lowest BCUT2D eigenvalue weighted by atomic mass is 10.3. The number of nitrogens with one attached hydrogen (secondary N) is 2. The van der Waals surface area contributed by atoms with Gasteiger partial charge in [-0.15, -0.1) is 11.8 Å². The quantitative estimate of drug-likeness (QED) is 0.910. The second-order valence-electron chi connectivity index (χ2n) is 4.26. The van der Waals surface area contributed by atoms with Crippen LogP contribution in [0.5, 0.6) is 0 Å². The molecule has 2 aromatic carbocycles. The van der Waals surface area contributed by atoms with E-state index in [1.54, 1.807) is 0 Å². The standard InChI is InChI=1S/C15H13N3OS/c19-15-13(20-12-9-5-2-6-10-12)14(17-18-15)16-11-7-3-1-4-8-11/h1-10,13H,(H,16,17)(H,18,19). The number of thioether (sulfide) groups is 1. The second-order valence-corrected chi connectivity index (χ2v) is 5.44. The smallest absolute Gasteiger partial charge is 0.259 e. The average Bonchev–Trinajstić information content (AvgIpc) is 2.83. The predicted molar refractivity (Wildman–Crippen MR) is 80.9 cm³/mol. The van der Waals surface area contributed by atoms with E-state index in [4.69, 9.17) is 0 Å². The van der Waals surface area contributed by atoms with Crippen LogP contribution in [0.1, 0.15) is 0 Å². The zero-order valence-electron chi connectivity index (χ0n) is 10.6. The number of nitrogens with zero attached hydrogens (tertiary/aromatic N) is 1. The number of carbonyl (C=O) groups is 1. The zero-order valence-corrected chi connectivity index (χ0v) is 11.4. The van der Waals surface area contributed by atoms with Crippen LogP contribution in [0.4, 0.5) is 5.69 Å². The molecule has 100 valence electrons. The molecule has 0 aliphatic carbocycles. The van der Waals surface area contributed by atoms with E-state index in [0.717, 1.165) is 10.6 Å². The summed E-state index contributed by atoms with van der Waals surface area (Å²) in [6.45, 7) is 0. The van der Waals surface area contributed by atoms with Gasteiger partial charge in [-0.1, -0.05) is 36.4 Å². The Kier molecular flexibility index (Phi) is 3.69. The molecule has 1 unspecified atom stereocenters. The van der Waals surface area contributed by atoms with Gasteiger partial charge in [0.15, 0.2) is 0 Å². The van der Waals surface area contributed by atoms with Crippen LogP contribution in [0.3, 0.4) is 0 Å². The van der Waals surface area contributed by atoms with Crippen LogP contribution in [-0.2, 0) is 4.79 Å². The first kappa shape index (κ1) is 12.7. The number of para-hydroxylation sites is 1. The first-order chi connectivity index (χ1) is 9.83. The molecule has 1 saturated heterocycles. The van der Waals surface area contributed by atoms with Gasteiger partial charge < -0.3 is 0 Å². The Hall–Kier alpha value is -2.27. The molecule has 1 aliphatic heterocycles. The van der Waals surface area contributed by atoms with E-state index < -0.39 is 0 Å². The van der Waals surface area contributed by atoms with Crippen molar-refractivity contribution in [3.63, 3.8) is 0 Å². The van der Waals surface area contributed by atoms with Gasteiger partial charge in [-0.3, -0.25) is 15.6 Å². The summed E-state index contributed by atoms with van der Waals surface area (Å²) >= 11 is 1.48. The number of amidine groups is 1. The number of amides is 1. The number of benzene rings is 2. The first-order valence-corrected chi connectivity index (χ1v) is 7.12. The number of hydrazine groups is 1. The molecule has 0 radical (unpaired) electrons. The lowest BCUT2D eigenvalue weighted by Crippen LogP contribution is -2.28. The highest BCUT2D eigenvalue weighted by molar-refractivity contribution is 8.01. The highest BCUT2D eigenvalue weighted by Gasteiger charge is 2.32. The molecule has 5 heteroatoms. The number of rotatable bonds is 3. The third-order valence-corrected chi connectivity index (χ3v) is 4.02. The minimum atomic E-state index is -0.349. The lowest BCUT2D eigenvalue weighted by molar-refractivity contribution is -0.118. The van der Waals surface area contributed by atoms with Crippen LogP contribution in [-0.4, -0.2) is 17.0 Å². The van der Waals surface area contributed by atoms with Crippen LogP contribution in [0.2, 0.25) is 0 Å². The van der Waals surface area contributed by atoms with Gasteiger partial charge in [0, 0.05) is 4.90 Å². The third kappa shape index (κ3) is 2.83. The maximum atomic E-state index is 11.9. The SMILES string of the molecule is O=C1NNC(=Nc2ccccc2)C1Sc1ccccc1. The molecule has 1 atom stereocenters. The molecule has 20 heavy (non-hydrogen) atoms. The predicted octanol–water partition coefficient (Wildman–Crippen LogP) is 2.51. The van der Waals surface area contributed by atoms with Crippen molar-refractivity contribution in [1.82, 2.24) is 10.9 Å². The summed E-state index contributed by atoms with van der Waals surface area (Å²) in [7, 11) is 0. The summed E-state index contributed by atoms with van der Waals surface area (Å²) < 4.78 is 0. The van der Waals surface area contributed by atoms with Crippen molar-refractivity contribution in [1.29, 1.82) is 0 Å². The second kappa shape index (κ2) is 5.79. The van der Waals surface area contributed by atoms with E-state index >= 15 is 0 Å². The summed E-state index contributed by atoms with van der Waals surface area (Å²) in [5.41, 5.74) is 6.30. The minimum Gasteiger partial charge on any atom is -0.284 e. The molecule has 1 amide bonds. The van der Waals surface area contributed by atoms with Gasteiger partial charge >= 0.3 is 0 Å². The van der Waals surface area contributed by atoms with Gasteiger partial charge in [0.05, 0.1) is 5.69 Å². The number of aliphatic imine (C=N–C) groups is 1. The highest BCUT2D eigenvalue weighted by atomic mass is 32.2. The molecule has 0 aromatic heterocycles. The molecule has 1 aliphatic rings. The highest BCUT2D eigenvalue weighted by Crippen LogP contribution is 2.26. The van der Waals surface area contributed by atoms with E-state index in [1.807, 2.05) is 60.7 Å². The summed E-state index contributed by atoms with van der Waals surface area (Å²) in [6.07, 6.45) is 0. The summed E-state index contributed by atoms with van der Waals surface area (Å²) in [6, 6.07) is 19.4. The Labute approximate surface area is 121 Å².